The molecular weight excluding hydrogens is 296 g/mol. The van der Waals surface area contributed by atoms with E-state index in [1.54, 1.807) is 0 Å². The van der Waals surface area contributed by atoms with E-state index in [0.29, 0.717) is 0 Å². The summed E-state index contributed by atoms with van der Waals surface area (Å²) < 4.78 is 0. The lowest BCUT2D eigenvalue weighted by Gasteiger charge is -2.47. The van der Waals surface area contributed by atoms with E-state index in [1.807, 2.05) is 0 Å². The van der Waals surface area contributed by atoms with Gasteiger partial charge in [-0.15, -0.1) is 0 Å². The Kier molecular flexibility index (Phi) is 6.52. The van der Waals surface area contributed by atoms with E-state index in [2.05, 4.69) is 64.0 Å². The van der Waals surface area contributed by atoms with Crippen molar-refractivity contribution in [2.24, 2.45) is 0 Å². The molecule has 1 saturated carbocycles. The quantitative estimate of drug-likeness (QED) is 0.793. The van der Waals surface area contributed by atoms with Crippen LogP contribution in [0.5, 0.6) is 0 Å². The number of para-hydroxylation sites is 1. The lowest BCUT2D eigenvalue weighted by molar-refractivity contribution is 0.0382. The van der Waals surface area contributed by atoms with Crippen LogP contribution in [0, 0.1) is 0 Å². The Morgan fingerprint density at radius 1 is 0.958 bits per heavy atom. The molecule has 1 aromatic rings. The molecule has 0 radical (unpaired) electrons. The highest BCUT2D eigenvalue weighted by Gasteiger charge is 2.29. The summed E-state index contributed by atoms with van der Waals surface area (Å²) in [5.74, 6) is 0. The molecule has 0 aromatic heterocycles. The second kappa shape index (κ2) is 8.84. The van der Waals surface area contributed by atoms with E-state index in [-0.39, 0.29) is 0 Å². The van der Waals surface area contributed by atoms with E-state index >= 15 is 0 Å². The standard InChI is InChI=1S/C20H34N4/c1-21(2)14-9-15-22-16-23(19-10-5-3-6-11-19)18-24(17-22)20-12-7-4-8-13-20/h3,5-6,10-11,20H,4,7-9,12-18H2,1-2H3. The highest BCUT2D eigenvalue weighted by molar-refractivity contribution is 5.45. The molecule has 2 fully saturated rings. The molecule has 0 atom stereocenters. The first-order valence-electron chi connectivity index (χ1n) is 9.63. The predicted octanol–water partition coefficient (Wildman–Crippen LogP) is 3.27. The molecule has 4 heteroatoms. The van der Waals surface area contributed by atoms with Crippen molar-refractivity contribution in [2.45, 2.75) is 44.6 Å². The third-order valence-electron chi connectivity index (χ3n) is 5.40. The minimum Gasteiger partial charge on any atom is -0.345 e. The maximum atomic E-state index is 2.73. The fourth-order valence-corrected chi connectivity index (χ4v) is 4.08. The smallest absolute Gasteiger partial charge is 0.0733 e. The van der Waals surface area contributed by atoms with E-state index in [9.17, 15) is 0 Å². The summed E-state index contributed by atoms with van der Waals surface area (Å²) in [5.41, 5.74) is 1.36. The molecule has 0 amide bonds. The molecule has 1 aliphatic heterocycles. The highest BCUT2D eigenvalue weighted by Crippen LogP contribution is 2.26. The number of rotatable bonds is 6. The fraction of sp³-hybridized carbons (Fsp3) is 0.700. The van der Waals surface area contributed by atoms with E-state index in [0.717, 1.165) is 26.0 Å². The Balaban J connectivity index is 1.65. The van der Waals surface area contributed by atoms with Gasteiger partial charge in [-0.3, -0.25) is 9.80 Å². The lowest BCUT2D eigenvalue weighted by Crippen LogP contribution is -2.58. The van der Waals surface area contributed by atoms with Crippen molar-refractivity contribution in [1.29, 1.82) is 0 Å². The first-order valence-corrected chi connectivity index (χ1v) is 9.63. The van der Waals surface area contributed by atoms with Crippen LogP contribution < -0.4 is 4.90 Å². The third kappa shape index (κ3) is 4.95. The summed E-state index contributed by atoms with van der Waals surface area (Å²) >= 11 is 0. The molecule has 1 saturated heterocycles. The van der Waals surface area contributed by atoms with Gasteiger partial charge in [0.2, 0.25) is 0 Å². The third-order valence-corrected chi connectivity index (χ3v) is 5.40. The monoisotopic (exact) mass is 330 g/mol. The second-order valence-corrected chi connectivity index (χ2v) is 7.73. The van der Waals surface area contributed by atoms with Crippen molar-refractivity contribution >= 4 is 5.69 Å². The lowest BCUT2D eigenvalue weighted by atomic mass is 9.94. The first kappa shape index (κ1) is 17.7. The highest BCUT2D eigenvalue weighted by atomic mass is 15.5. The van der Waals surface area contributed by atoms with Crippen LogP contribution in [0.1, 0.15) is 38.5 Å². The normalized spacial score (nSPS) is 21.5. The van der Waals surface area contributed by atoms with Crippen molar-refractivity contribution in [2.75, 3.05) is 52.1 Å². The molecule has 1 heterocycles. The second-order valence-electron chi connectivity index (χ2n) is 7.73. The van der Waals surface area contributed by atoms with Crippen molar-refractivity contribution in [3.8, 4) is 0 Å². The van der Waals surface area contributed by atoms with Crippen LogP contribution in [0.2, 0.25) is 0 Å². The van der Waals surface area contributed by atoms with E-state index in [1.165, 1.54) is 57.3 Å². The molecule has 4 nitrogen and oxygen atoms in total. The molecule has 24 heavy (non-hydrogen) atoms. The zero-order valence-corrected chi connectivity index (χ0v) is 15.5. The summed E-state index contributed by atoms with van der Waals surface area (Å²) in [4.78, 5) is 10.2. The number of nitrogens with zero attached hydrogens (tertiary/aromatic N) is 4. The van der Waals surface area contributed by atoms with Gasteiger partial charge in [-0.1, -0.05) is 37.5 Å². The van der Waals surface area contributed by atoms with E-state index < -0.39 is 0 Å². The molecule has 0 N–H and O–H groups in total. The SMILES string of the molecule is CN(C)CCCN1CN(c2ccccc2)CN(C2CCCCC2)C1. The van der Waals surface area contributed by atoms with Crippen molar-refractivity contribution in [1.82, 2.24) is 14.7 Å². The fourth-order valence-electron chi connectivity index (χ4n) is 4.08. The van der Waals surface area contributed by atoms with Crippen LogP contribution in [0.3, 0.4) is 0 Å². The molecule has 134 valence electrons. The topological polar surface area (TPSA) is 13.0 Å². The Morgan fingerprint density at radius 2 is 1.71 bits per heavy atom. The summed E-state index contributed by atoms with van der Waals surface area (Å²) in [7, 11) is 4.33. The zero-order chi connectivity index (χ0) is 16.8. The summed E-state index contributed by atoms with van der Waals surface area (Å²) in [6.07, 6.45) is 8.26. The maximum Gasteiger partial charge on any atom is 0.0733 e. The molecule has 0 bridgehead atoms. The van der Waals surface area contributed by atoms with Crippen LogP contribution in [0.4, 0.5) is 5.69 Å². The van der Waals surface area contributed by atoms with Gasteiger partial charge in [0.15, 0.2) is 0 Å². The number of hydrogen-bond donors (Lipinski definition) is 0. The number of anilines is 1. The van der Waals surface area contributed by atoms with Gasteiger partial charge < -0.3 is 9.80 Å². The Morgan fingerprint density at radius 3 is 2.42 bits per heavy atom. The van der Waals surface area contributed by atoms with Gasteiger partial charge in [-0.25, -0.2) is 0 Å². The molecule has 1 aliphatic carbocycles. The van der Waals surface area contributed by atoms with Gasteiger partial charge in [0, 0.05) is 18.3 Å². The first-order chi connectivity index (χ1) is 11.7. The zero-order valence-electron chi connectivity index (χ0n) is 15.5. The Hall–Kier alpha value is -1.10. The van der Waals surface area contributed by atoms with Crippen LogP contribution in [-0.2, 0) is 0 Å². The van der Waals surface area contributed by atoms with E-state index in [4.69, 9.17) is 0 Å². The largest absolute Gasteiger partial charge is 0.345 e. The van der Waals surface area contributed by atoms with Gasteiger partial charge in [-0.2, -0.15) is 0 Å². The van der Waals surface area contributed by atoms with Gasteiger partial charge >= 0.3 is 0 Å². The summed E-state index contributed by atoms with van der Waals surface area (Å²) in [6.45, 7) is 5.64. The summed E-state index contributed by atoms with van der Waals surface area (Å²) in [5, 5.41) is 0. The van der Waals surface area contributed by atoms with Crippen LogP contribution in [-0.4, -0.2) is 67.9 Å². The molecule has 2 aliphatic rings. The van der Waals surface area contributed by atoms with Crippen molar-refractivity contribution in [3.05, 3.63) is 30.3 Å². The number of benzene rings is 1. The average Bonchev–Trinajstić information content (AvgIpc) is 2.63. The maximum absolute atomic E-state index is 2.73. The minimum absolute atomic E-state index is 0.779. The molecular formula is C20H34N4. The minimum atomic E-state index is 0.779. The molecule has 1 aromatic carbocycles. The van der Waals surface area contributed by atoms with Gasteiger partial charge in [0.05, 0.1) is 20.0 Å². The number of hydrogen-bond acceptors (Lipinski definition) is 4. The summed E-state index contributed by atoms with van der Waals surface area (Å²) in [6, 6.07) is 11.7. The Bertz CT molecular complexity index is 470. The molecule has 0 spiro atoms. The van der Waals surface area contributed by atoms with Crippen LogP contribution in [0.25, 0.3) is 0 Å². The van der Waals surface area contributed by atoms with Gasteiger partial charge in [0.1, 0.15) is 0 Å². The van der Waals surface area contributed by atoms with Crippen molar-refractivity contribution < 1.29 is 0 Å². The van der Waals surface area contributed by atoms with Crippen LogP contribution in [0.15, 0.2) is 30.3 Å². The molecule has 3 rings (SSSR count). The van der Waals surface area contributed by atoms with Crippen LogP contribution >= 0.6 is 0 Å². The average molecular weight is 331 g/mol. The van der Waals surface area contributed by atoms with Gasteiger partial charge in [-0.05, 0) is 52.0 Å². The molecule has 0 unspecified atom stereocenters. The van der Waals surface area contributed by atoms with Gasteiger partial charge in [0.25, 0.3) is 0 Å². The predicted molar refractivity (Wildman–Crippen MR) is 102 cm³/mol. The Labute approximate surface area is 148 Å². The van der Waals surface area contributed by atoms with Crippen molar-refractivity contribution in [3.63, 3.8) is 0 Å².